The third kappa shape index (κ3) is 10.8. The largest absolute Gasteiger partial charge is 0.434 e. The van der Waals surface area contributed by atoms with Crippen LogP contribution in [0.2, 0.25) is 0 Å². The number of alkyl halides is 2. The molecule has 0 fully saturated rings. The van der Waals surface area contributed by atoms with Crippen LogP contribution in [-0.4, -0.2) is 38.9 Å². The van der Waals surface area contributed by atoms with Crippen molar-refractivity contribution in [3.05, 3.63) is 28.2 Å². The van der Waals surface area contributed by atoms with Gasteiger partial charge in [-0.25, -0.2) is 4.99 Å². The number of guanidine groups is 1. The lowest BCUT2D eigenvalue weighted by Crippen LogP contribution is -2.38. The van der Waals surface area contributed by atoms with Crippen molar-refractivity contribution in [2.45, 2.75) is 33.4 Å². The lowest BCUT2D eigenvalue weighted by atomic mass is 10.2. The molecule has 0 saturated carbocycles. The molecule has 1 aromatic carbocycles. The van der Waals surface area contributed by atoms with Gasteiger partial charge in [0.1, 0.15) is 5.75 Å². The second kappa shape index (κ2) is 14.5. The van der Waals surface area contributed by atoms with Crippen molar-refractivity contribution in [3.63, 3.8) is 0 Å². The number of halogens is 4. The number of benzene rings is 1. The number of aliphatic imine (C=N–C) groups is 1. The Balaban J connectivity index is 0.00000576. The Morgan fingerprint density at radius 3 is 2.68 bits per heavy atom. The van der Waals surface area contributed by atoms with Crippen molar-refractivity contribution in [1.29, 1.82) is 0 Å². The molecule has 25 heavy (non-hydrogen) atoms. The summed E-state index contributed by atoms with van der Waals surface area (Å²) >= 11 is 3.33. The summed E-state index contributed by atoms with van der Waals surface area (Å²) in [6.45, 7) is 4.07. The van der Waals surface area contributed by atoms with Crippen LogP contribution in [0.4, 0.5) is 8.78 Å². The number of hydrogen-bond acceptors (Lipinski definition) is 3. The molecule has 1 rings (SSSR count). The molecule has 0 aliphatic rings. The minimum atomic E-state index is -2.86. The van der Waals surface area contributed by atoms with Crippen LogP contribution in [-0.2, 0) is 11.3 Å². The summed E-state index contributed by atoms with van der Waals surface area (Å²) in [6, 6.07) is 4.88. The smallest absolute Gasteiger partial charge is 0.387 e. The van der Waals surface area contributed by atoms with Crippen LogP contribution in [0.3, 0.4) is 0 Å². The highest BCUT2D eigenvalue weighted by Crippen LogP contribution is 2.25. The van der Waals surface area contributed by atoms with Crippen molar-refractivity contribution < 1.29 is 18.3 Å². The molecule has 0 aliphatic heterocycles. The molecular formula is C16H25BrF2IN3O2. The lowest BCUT2D eigenvalue weighted by molar-refractivity contribution is -0.0504. The molecule has 144 valence electrons. The molecule has 1 aromatic rings. The van der Waals surface area contributed by atoms with Gasteiger partial charge < -0.3 is 20.1 Å². The second-order valence-corrected chi connectivity index (χ2v) is 5.72. The van der Waals surface area contributed by atoms with Gasteiger partial charge in [-0.3, -0.25) is 0 Å². The van der Waals surface area contributed by atoms with E-state index in [0.717, 1.165) is 10.9 Å². The highest BCUT2D eigenvalue weighted by molar-refractivity contribution is 14.0. The molecule has 0 amide bonds. The Kier molecular flexibility index (Phi) is 14.1. The van der Waals surface area contributed by atoms with Crippen LogP contribution in [0.15, 0.2) is 27.7 Å². The zero-order valence-electron chi connectivity index (χ0n) is 14.4. The molecule has 0 unspecified atom stereocenters. The number of nitrogens with zero attached hydrogens (tertiary/aromatic N) is 1. The van der Waals surface area contributed by atoms with Gasteiger partial charge in [0.05, 0.1) is 6.54 Å². The first-order valence-electron chi connectivity index (χ1n) is 7.90. The highest BCUT2D eigenvalue weighted by atomic mass is 127. The van der Waals surface area contributed by atoms with Crippen LogP contribution >= 0.6 is 39.9 Å². The first-order chi connectivity index (χ1) is 11.6. The zero-order chi connectivity index (χ0) is 17.8. The van der Waals surface area contributed by atoms with Crippen molar-refractivity contribution in [1.82, 2.24) is 10.6 Å². The molecule has 2 N–H and O–H groups in total. The number of hydrogen-bond donors (Lipinski definition) is 2. The standard InChI is InChI=1S/C16H24BrF2N3O2.HI/c1-3-20-16(21-8-5-9-23-4-2)22-11-12-10-13(17)6-7-14(12)24-15(18)19;/h6-7,10,15H,3-5,8-9,11H2,1-2H3,(H2,20,21,22);1H. The van der Waals surface area contributed by atoms with Crippen molar-refractivity contribution in [2.75, 3.05) is 26.3 Å². The van der Waals surface area contributed by atoms with E-state index in [4.69, 9.17) is 4.74 Å². The van der Waals surface area contributed by atoms with E-state index < -0.39 is 6.61 Å². The Hall–Kier alpha value is -0.680. The average Bonchev–Trinajstić information content (AvgIpc) is 2.54. The quantitative estimate of drug-likeness (QED) is 0.204. The zero-order valence-corrected chi connectivity index (χ0v) is 18.3. The fourth-order valence-corrected chi connectivity index (χ4v) is 2.32. The Labute approximate surface area is 173 Å². The van der Waals surface area contributed by atoms with Crippen LogP contribution in [0.5, 0.6) is 5.75 Å². The minimum Gasteiger partial charge on any atom is -0.434 e. The summed E-state index contributed by atoms with van der Waals surface area (Å²) in [6.07, 6.45) is 0.856. The topological polar surface area (TPSA) is 54.9 Å². The molecule has 0 aliphatic carbocycles. The van der Waals surface area contributed by atoms with Gasteiger partial charge in [-0.1, -0.05) is 15.9 Å². The van der Waals surface area contributed by atoms with Gasteiger partial charge in [-0.2, -0.15) is 8.78 Å². The SMILES string of the molecule is CCNC(=NCc1cc(Br)ccc1OC(F)F)NCCCOCC.I. The van der Waals surface area contributed by atoms with E-state index in [1.165, 1.54) is 6.07 Å². The van der Waals surface area contributed by atoms with Gasteiger partial charge >= 0.3 is 6.61 Å². The lowest BCUT2D eigenvalue weighted by Gasteiger charge is -2.13. The molecule has 0 aromatic heterocycles. The summed E-state index contributed by atoms with van der Waals surface area (Å²) in [4.78, 5) is 4.42. The Morgan fingerprint density at radius 1 is 1.28 bits per heavy atom. The molecule has 0 radical (unpaired) electrons. The second-order valence-electron chi connectivity index (χ2n) is 4.80. The summed E-state index contributed by atoms with van der Waals surface area (Å²) in [5, 5.41) is 6.30. The highest BCUT2D eigenvalue weighted by Gasteiger charge is 2.10. The van der Waals surface area contributed by atoms with Crippen LogP contribution in [0, 0.1) is 0 Å². The Bertz CT molecular complexity index is 522. The summed E-state index contributed by atoms with van der Waals surface area (Å²) in [5.74, 6) is 0.751. The third-order valence-electron chi connectivity index (χ3n) is 2.95. The maximum absolute atomic E-state index is 12.5. The first-order valence-corrected chi connectivity index (χ1v) is 8.69. The number of nitrogens with one attached hydrogen (secondary N) is 2. The normalized spacial score (nSPS) is 11.2. The van der Waals surface area contributed by atoms with Crippen molar-refractivity contribution in [2.24, 2.45) is 4.99 Å². The van der Waals surface area contributed by atoms with Crippen molar-refractivity contribution >= 4 is 45.9 Å². The summed E-state index contributed by atoms with van der Waals surface area (Å²) in [5.41, 5.74) is 0.580. The minimum absolute atomic E-state index is 0. The van der Waals surface area contributed by atoms with E-state index in [1.54, 1.807) is 12.1 Å². The molecule has 0 atom stereocenters. The maximum atomic E-state index is 12.5. The van der Waals surface area contributed by atoms with E-state index in [0.29, 0.717) is 37.8 Å². The van der Waals surface area contributed by atoms with Crippen LogP contribution < -0.4 is 15.4 Å². The maximum Gasteiger partial charge on any atom is 0.387 e. The Morgan fingerprint density at radius 2 is 2.04 bits per heavy atom. The molecule has 0 heterocycles. The molecule has 0 saturated heterocycles. The molecule has 9 heteroatoms. The monoisotopic (exact) mass is 535 g/mol. The van der Waals surface area contributed by atoms with E-state index in [-0.39, 0.29) is 36.3 Å². The van der Waals surface area contributed by atoms with E-state index in [1.807, 2.05) is 13.8 Å². The van der Waals surface area contributed by atoms with Gasteiger partial charge in [-0.15, -0.1) is 24.0 Å². The van der Waals surface area contributed by atoms with Gasteiger partial charge in [-0.05, 0) is 38.5 Å². The number of ether oxygens (including phenoxy) is 2. The van der Waals surface area contributed by atoms with E-state index in [2.05, 4.69) is 36.3 Å². The van der Waals surface area contributed by atoms with Gasteiger partial charge in [0.2, 0.25) is 0 Å². The molecule has 0 bridgehead atoms. The first kappa shape index (κ1) is 24.3. The molecule has 0 spiro atoms. The fraction of sp³-hybridized carbons (Fsp3) is 0.562. The van der Waals surface area contributed by atoms with Gasteiger partial charge in [0.15, 0.2) is 5.96 Å². The van der Waals surface area contributed by atoms with Crippen molar-refractivity contribution in [3.8, 4) is 5.75 Å². The number of rotatable bonds is 10. The van der Waals surface area contributed by atoms with E-state index >= 15 is 0 Å². The average molecular weight is 536 g/mol. The van der Waals surface area contributed by atoms with Gasteiger partial charge in [0, 0.05) is 36.3 Å². The predicted molar refractivity (Wildman–Crippen MR) is 110 cm³/mol. The van der Waals surface area contributed by atoms with Crippen LogP contribution in [0.1, 0.15) is 25.8 Å². The summed E-state index contributed by atoms with van der Waals surface area (Å²) < 4.78 is 35.6. The molecular weight excluding hydrogens is 511 g/mol. The van der Waals surface area contributed by atoms with Gasteiger partial charge in [0.25, 0.3) is 0 Å². The summed E-state index contributed by atoms with van der Waals surface area (Å²) in [7, 11) is 0. The predicted octanol–water partition coefficient (Wildman–Crippen LogP) is 4.15. The van der Waals surface area contributed by atoms with E-state index in [9.17, 15) is 8.78 Å². The molecule has 5 nitrogen and oxygen atoms in total. The third-order valence-corrected chi connectivity index (χ3v) is 3.45. The fourth-order valence-electron chi connectivity index (χ4n) is 1.91. The van der Waals surface area contributed by atoms with Crippen LogP contribution in [0.25, 0.3) is 0 Å².